The lowest BCUT2D eigenvalue weighted by atomic mass is 9.97. The van der Waals surface area contributed by atoms with Crippen LogP contribution in [0.15, 0.2) is 36.5 Å². The van der Waals surface area contributed by atoms with Crippen LogP contribution in [0.1, 0.15) is 56.8 Å². The minimum atomic E-state index is -0.627. The van der Waals surface area contributed by atoms with Crippen LogP contribution in [0.2, 0.25) is 0 Å². The zero-order chi connectivity index (χ0) is 30.5. The van der Waals surface area contributed by atoms with Crippen molar-refractivity contribution in [2.45, 2.75) is 70.7 Å². The Labute approximate surface area is 250 Å². The van der Waals surface area contributed by atoms with Crippen molar-refractivity contribution in [3.8, 4) is 17.3 Å². The van der Waals surface area contributed by atoms with Crippen molar-refractivity contribution in [3.63, 3.8) is 0 Å². The highest BCUT2D eigenvalue weighted by molar-refractivity contribution is 6.00. The number of methoxy groups -OCH3 is 1. The fraction of sp³-hybridized carbons (Fsp3) is 0.500. The highest BCUT2D eigenvalue weighted by Gasteiger charge is 2.34. The number of ether oxygens (including phenoxy) is 2. The monoisotopic (exact) mass is 588 g/mol. The number of aromatic nitrogens is 4. The van der Waals surface area contributed by atoms with Crippen molar-refractivity contribution in [2.24, 2.45) is 13.0 Å². The number of hydrogen-bond donors (Lipinski definition) is 2. The predicted octanol–water partition coefficient (Wildman–Crippen LogP) is 4.50. The molecule has 2 fully saturated rings. The van der Waals surface area contributed by atoms with Gasteiger partial charge in [-0.15, -0.1) is 0 Å². The maximum absolute atomic E-state index is 14.0. The van der Waals surface area contributed by atoms with Crippen molar-refractivity contribution in [2.75, 3.05) is 20.3 Å². The van der Waals surface area contributed by atoms with Crippen LogP contribution in [0.5, 0.6) is 5.75 Å². The van der Waals surface area contributed by atoms with Gasteiger partial charge in [-0.3, -0.25) is 4.79 Å². The number of fused-ring (bicyclic) bond motifs is 2. The maximum Gasteiger partial charge on any atom is 0.407 e. The highest BCUT2D eigenvalue weighted by atomic mass is 16.6. The number of carbonyl (C=O) groups excluding carboxylic acids is 2. The van der Waals surface area contributed by atoms with E-state index in [0.717, 1.165) is 34.6 Å². The summed E-state index contributed by atoms with van der Waals surface area (Å²) in [6, 6.07) is 8.99. The van der Waals surface area contributed by atoms with Crippen molar-refractivity contribution in [1.82, 2.24) is 29.3 Å². The average molecular weight is 589 g/mol. The van der Waals surface area contributed by atoms with Crippen LogP contribution in [0.3, 0.4) is 0 Å². The lowest BCUT2D eigenvalue weighted by Crippen LogP contribution is -2.55. The van der Waals surface area contributed by atoms with E-state index in [1.807, 2.05) is 23.9 Å². The van der Waals surface area contributed by atoms with Gasteiger partial charge in [0.05, 0.1) is 31.0 Å². The third-order valence-corrected chi connectivity index (χ3v) is 8.32. The molecule has 4 aromatic rings. The molecule has 3 aromatic heterocycles. The van der Waals surface area contributed by atoms with Gasteiger partial charge in [0.15, 0.2) is 5.82 Å². The number of nitrogens with one attached hydrogen (secondary N) is 1. The van der Waals surface area contributed by atoms with Gasteiger partial charge in [-0.25, -0.2) is 14.8 Å². The Morgan fingerprint density at radius 3 is 2.63 bits per heavy atom. The molecule has 2 aliphatic rings. The van der Waals surface area contributed by atoms with E-state index in [1.54, 1.807) is 44.9 Å². The predicted molar refractivity (Wildman–Crippen MR) is 163 cm³/mol. The maximum atomic E-state index is 14.0. The summed E-state index contributed by atoms with van der Waals surface area (Å²) in [4.78, 5) is 37.7. The Bertz CT molecular complexity index is 1680. The summed E-state index contributed by atoms with van der Waals surface area (Å²) in [6.07, 6.45) is 4.91. The van der Waals surface area contributed by atoms with Crippen LogP contribution in [0.4, 0.5) is 4.79 Å². The van der Waals surface area contributed by atoms with Gasteiger partial charge < -0.3 is 33.9 Å². The van der Waals surface area contributed by atoms with E-state index < -0.39 is 11.7 Å². The van der Waals surface area contributed by atoms with Crippen LogP contribution < -0.4 is 10.1 Å². The van der Waals surface area contributed by atoms with E-state index in [4.69, 9.17) is 14.5 Å². The number of carbonyl (C=O) groups is 2. The highest BCUT2D eigenvalue weighted by Crippen LogP contribution is 2.37. The second-order valence-electron chi connectivity index (χ2n) is 12.8. The van der Waals surface area contributed by atoms with Gasteiger partial charge in [-0.05, 0) is 82.7 Å². The smallest absolute Gasteiger partial charge is 0.407 e. The molecule has 228 valence electrons. The standard InChI is InChI=1S/C32H40N6O5/c1-32(2,3)43-31(41)34-22-10-11-23(18-39)37(17-22)30(40)21-13-24-27(26(15-21)42-5)36(4)29(35-24)25-14-20-7-6-12-33-28(20)38(25)16-19-8-9-19/h6-7,12-15,19,22-23,39H,8-11,16-18H2,1-5H3,(H,34,41)/t22-,23-/m1/s1. The number of amides is 2. The van der Waals surface area contributed by atoms with E-state index in [9.17, 15) is 14.7 Å². The molecule has 1 aliphatic heterocycles. The van der Waals surface area contributed by atoms with E-state index >= 15 is 0 Å². The molecule has 4 heterocycles. The number of likely N-dealkylation sites (tertiary alicyclic amines) is 1. The number of nitrogens with zero attached hydrogens (tertiary/aromatic N) is 5. The molecule has 43 heavy (non-hydrogen) atoms. The van der Waals surface area contributed by atoms with Crippen LogP contribution in [-0.4, -0.2) is 79.1 Å². The Hall–Kier alpha value is -4.12. The van der Waals surface area contributed by atoms with Crippen molar-refractivity contribution >= 4 is 34.1 Å². The summed E-state index contributed by atoms with van der Waals surface area (Å²) < 4.78 is 15.5. The molecule has 0 bridgehead atoms. The van der Waals surface area contributed by atoms with Crippen LogP contribution in [0, 0.1) is 5.92 Å². The second-order valence-corrected chi connectivity index (χ2v) is 12.8. The molecule has 11 nitrogen and oxygen atoms in total. The molecule has 0 radical (unpaired) electrons. The Kier molecular flexibility index (Phi) is 7.53. The number of rotatable bonds is 7. The zero-order valence-electron chi connectivity index (χ0n) is 25.5. The molecule has 2 N–H and O–H groups in total. The number of aryl methyl sites for hydroxylation is 1. The van der Waals surface area contributed by atoms with Crippen molar-refractivity contribution < 1.29 is 24.2 Å². The number of alkyl carbamates (subject to hydrolysis) is 1. The number of imidazole rings is 1. The molecule has 6 rings (SSSR count). The van der Waals surface area contributed by atoms with E-state index in [0.29, 0.717) is 35.6 Å². The molecule has 1 saturated carbocycles. The number of benzene rings is 1. The number of aliphatic hydroxyl groups is 1. The first-order chi connectivity index (χ1) is 20.6. The van der Waals surface area contributed by atoms with E-state index in [-0.39, 0.29) is 31.1 Å². The van der Waals surface area contributed by atoms with Gasteiger partial charge in [0.2, 0.25) is 0 Å². The Balaban J connectivity index is 1.34. The van der Waals surface area contributed by atoms with Gasteiger partial charge in [0.1, 0.15) is 22.5 Å². The van der Waals surface area contributed by atoms with Crippen LogP contribution in [-0.2, 0) is 18.3 Å². The summed E-state index contributed by atoms with van der Waals surface area (Å²) in [7, 11) is 3.54. The molecule has 0 unspecified atom stereocenters. The molecular formula is C32H40N6O5. The number of aliphatic hydroxyl groups excluding tert-OH is 1. The quantitative estimate of drug-likeness (QED) is 0.326. The van der Waals surface area contributed by atoms with E-state index in [1.165, 1.54) is 12.8 Å². The minimum Gasteiger partial charge on any atom is -0.494 e. The number of pyridine rings is 1. The lowest BCUT2D eigenvalue weighted by Gasteiger charge is -2.39. The first-order valence-electron chi connectivity index (χ1n) is 15.0. The van der Waals surface area contributed by atoms with Crippen molar-refractivity contribution in [1.29, 1.82) is 0 Å². The SMILES string of the molecule is COc1cc(C(=O)N2C[C@H](NC(=O)OC(C)(C)C)CC[C@@H]2CO)cc2nc(-c3cc4cccnc4n3CC3CC3)n(C)c12. The van der Waals surface area contributed by atoms with Gasteiger partial charge in [-0.1, -0.05) is 0 Å². The largest absolute Gasteiger partial charge is 0.494 e. The second kappa shape index (κ2) is 11.2. The average Bonchev–Trinajstić information content (AvgIpc) is 3.64. The molecule has 1 aromatic carbocycles. The number of hydrogen-bond acceptors (Lipinski definition) is 7. The molecule has 0 spiro atoms. The van der Waals surface area contributed by atoms with Crippen LogP contribution >= 0.6 is 0 Å². The summed E-state index contributed by atoms with van der Waals surface area (Å²) in [5, 5.41) is 14.1. The van der Waals surface area contributed by atoms with Gasteiger partial charge in [0, 0.05) is 43.3 Å². The summed E-state index contributed by atoms with van der Waals surface area (Å²) in [6.45, 7) is 6.39. The van der Waals surface area contributed by atoms with Crippen LogP contribution in [0.25, 0.3) is 33.6 Å². The Morgan fingerprint density at radius 1 is 1.14 bits per heavy atom. The molecular weight excluding hydrogens is 548 g/mol. The molecule has 1 saturated heterocycles. The third-order valence-electron chi connectivity index (χ3n) is 8.32. The summed E-state index contributed by atoms with van der Waals surface area (Å²) in [5.41, 5.74) is 3.11. The topological polar surface area (TPSA) is 124 Å². The van der Waals surface area contributed by atoms with Gasteiger partial charge >= 0.3 is 6.09 Å². The molecule has 11 heteroatoms. The zero-order valence-corrected chi connectivity index (χ0v) is 25.5. The molecule has 1 aliphatic carbocycles. The normalized spacial score (nSPS) is 19.2. The lowest BCUT2D eigenvalue weighted by molar-refractivity contribution is 0.0336. The fourth-order valence-electron chi connectivity index (χ4n) is 6.06. The Morgan fingerprint density at radius 2 is 1.93 bits per heavy atom. The molecule has 2 atom stereocenters. The minimum absolute atomic E-state index is 0.169. The summed E-state index contributed by atoms with van der Waals surface area (Å²) in [5.74, 6) is 1.69. The van der Waals surface area contributed by atoms with Gasteiger partial charge in [-0.2, -0.15) is 0 Å². The number of piperidine rings is 1. The first kappa shape index (κ1) is 29.0. The van der Waals surface area contributed by atoms with Gasteiger partial charge in [0.25, 0.3) is 5.91 Å². The third kappa shape index (κ3) is 5.78. The van der Waals surface area contributed by atoms with Crippen molar-refractivity contribution in [3.05, 3.63) is 42.1 Å². The fourth-order valence-corrected chi connectivity index (χ4v) is 6.06. The van der Waals surface area contributed by atoms with E-state index in [2.05, 4.69) is 27.0 Å². The summed E-state index contributed by atoms with van der Waals surface area (Å²) >= 11 is 0. The molecule has 2 amide bonds. The first-order valence-corrected chi connectivity index (χ1v) is 15.0.